The predicted octanol–water partition coefficient (Wildman–Crippen LogP) is 4.39. The van der Waals surface area contributed by atoms with Crippen LogP contribution in [0.4, 0.5) is 0 Å². The molecule has 0 amide bonds. The molecular formula is C16H29N. The van der Waals surface area contributed by atoms with Crippen molar-refractivity contribution in [2.75, 3.05) is 6.54 Å². The van der Waals surface area contributed by atoms with Crippen LogP contribution in [-0.2, 0) is 0 Å². The van der Waals surface area contributed by atoms with Crippen LogP contribution in [0.3, 0.4) is 0 Å². The first-order valence-corrected chi connectivity index (χ1v) is 7.73. The molecule has 2 rings (SSSR count). The number of hydrogen-bond acceptors (Lipinski definition) is 1. The largest absolute Gasteiger partial charge is 0.297 e. The molecule has 98 valence electrons. The molecule has 3 atom stereocenters. The Balaban J connectivity index is 1.75. The molecule has 2 heterocycles. The van der Waals surface area contributed by atoms with Gasteiger partial charge in [-0.25, -0.2) is 0 Å². The first-order chi connectivity index (χ1) is 8.33. The number of nitrogens with zero attached hydrogens (tertiary/aromatic N) is 1. The summed E-state index contributed by atoms with van der Waals surface area (Å²) in [4.78, 5) is 2.84. The maximum absolute atomic E-state index is 2.84. The van der Waals surface area contributed by atoms with Crippen LogP contribution in [0.2, 0.25) is 0 Å². The third-order valence-corrected chi connectivity index (χ3v) is 4.73. The van der Waals surface area contributed by atoms with Crippen molar-refractivity contribution in [2.45, 2.75) is 77.3 Å². The minimum atomic E-state index is 0.911. The fourth-order valence-electron chi connectivity index (χ4n) is 3.76. The zero-order valence-corrected chi connectivity index (χ0v) is 11.7. The van der Waals surface area contributed by atoms with E-state index in [4.69, 9.17) is 0 Å². The lowest BCUT2D eigenvalue weighted by Gasteiger charge is -2.41. The second-order valence-electron chi connectivity index (χ2n) is 5.97. The fraction of sp³-hybridized carbons (Fsp3) is 0.875. The van der Waals surface area contributed by atoms with E-state index in [1.807, 2.05) is 0 Å². The summed E-state index contributed by atoms with van der Waals surface area (Å²) in [7, 11) is 0. The van der Waals surface area contributed by atoms with Gasteiger partial charge >= 0.3 is 0 Å². The van der Waals surface area contributed by atoms with Gasteiger partial charge < -0.3 is 0 Å². The Hall–Kier alpha value is -0.300. The molecule has 0 saturated carbocycles. The van der Waals surface area contributed by atoms with Crippen molar-refractivity contribution in [2.24, 2.45) is 5.92 Å². The molecule has 2 aliphatic rings. The summed E-state index contributed by atoms with van der Waals surface area (Å²) in [5, 5.41) is 0. The molecule has 0 bridgehead atoms. The van der Waals surface area contributed by atoms with Gasteiger partial charge in [-0.3, -0.25) is 4.90 Å². The summed E-state index contributed by atoms with van der Waals surface area (Å²) < 4.78 is 0. The average Bonchev–Trinajstić information content (AvgIpc) is 2.81. The topological polar surface area (TPSA) is 3.24 Å². The highest BCUT2D eigenvalue weighted by Crippen LogP contribution is 2.36. The van der Waals surface area contributed by atoms with Crippen molar-refractivity contribution in [1.82, 2.24) is 4.90 Å². The smallest absolute Gasteiger partial charge is 0.0124 e. The molecule has 0 spiro atoms. The van der Waals surface area contributed by atoms with Crippen LogP contribution in [-0.4, -0.2) is 23.5 Å². The van der Waals surface area contributed by atoms with E-state index in [1.54, 1.807) is 0 Å². The highest BCUT2D eigenvalue weighted by Gasteiger charge is 2.37. The van der Waals surface area contributed by atoms with Crippen LogP contribution in [0.25, 0.3) is 0 Å². The van der Waals surface area contributed by atoms with Gasteiger partial charge in [0.2, 0.25) is 0 Å². The number of fused-ring (bicyclic) bond motifs is 1. The third kappa shape index (κ3) is 3.34. The van der Waals surface area contributed by atoms with Gasteiger partial charge in [0.15, 0.2) is 0 Å². The van der Waals surface area contributed by atoms with E-state index in [1.165, 1.54) is 57.9 Å². The Kier molecular flexibility index (Phi) is 5.09. The number of allylic oxidation sites excluding steroid dienone is 2. The van der Waals surface area contributed by atoms with Crippen molar-refractivity contribution in [3.63, 3.8) is 0 Å². The molecule has 0 unspecified atom stereocenters. The Labute approximate surface area is 107 Å². The molecule has 0 aromatic heterocycles. The summed E-state index contributed by atoms with van der Waals surface area (Å²) in [5.41, 5.74) is 0. The van der Waals surface area contributed by atoms with Crippen LogP contribution in [0.15, 0.2) is 12.2 Å². The molecule has 0 N–H and O–H groups in total. The van der Waals surface area contributed by atoms with Crippen LogP contribution in [0.5, 0.6) is 0 Å². The highest BCUT2D eigenvalue weighted by molar-refractivity contribution is 4.92. The summed E-state index contributed by atoms with van der Waals surface area (Å²) in [6.07, 6.45) is 15.8. The molecule has 0 radical (unpaired) electrons. The second-order valence-corrected chi connectivity index (χ2v) is 5.97. The van der Waals surface area contributed by atoms with Crippen LogP contribution in [0, 0.1) is 5.92 Å². The Morgan fingerprint density at radius 2 is 2.06 bits per heavy atom. The average molecular weight is 235 g/mol. The Bertz CT molecular complexity index is 246. The van der Waals surface area contributed by atoms with Gasteiger partial charge in [0, 0.05) is 12.1 Å². The van der Waals surface area contributed by atoms with Gasteiger partial charge in [-0.05, 0) is 63.8 Å². The quantitative estimate of drug-likeness (QED) is 0.505. The van der Waals surface area contributed by atoms with Crippen molar-refractivity contribution in [3.05, 3.63) is 12.2 Å². The molecule has 17 heavy (non-hydrogen) atoms. The zero-order valence-electron chi connectivity index (χ0n) is 11.7. The minimum Gasteiger partial charge on any atom is -0.297 e. The van der Waals surface area contributed by atoms with Crippen molar-refractivity contribution < 1.29 is 0 Å². The van der Waals surface area contributed by atoms with Crippen LogP contribution >= 0.6 is 0 Å². The molecular weight excluding hydrogens is 206 g/mol. The van der Waals surface area contributed by atoms with E-state index >= 15 is 0 Å². The van der Waals surface area contributed by atoms with E-state index < -0.39 is 0 Å². The van der Waals surface area contributed by atoms with E-state index in [2.05, 4.69) is 30.9 Å². The molecule has 0 aromatic rings. The first kappa shape index (κ1) is 13.1. The fourth-order valence-corrected chi connectivity index (χ4v) is 3.76. The third-order valence-electron chi connectivity index (χ3n) is 4.73. The van der Waals surface area contributed by atoms with Gasteiger partial charge in [-0.1, -0.05) is 26.0 Å². The van der Waals surface area contributed by atoms with Gasteiger partial charge in [-0.15, -0.1) is 0 Å². The summed E-state index contributed by atoms with van der Waals surface area (Å²) >= 11 is 0. The lowest BCUT2D eigenvalue weighted by Crippen LogP contribution is -2.46. The van der Waals surface area contributed by atoms with Gasteiger partial charge in [0.25, 0.3) is 0 Å². The van der Waals surface area contributed by atoms with Gasteiger partial charge in [0.05, 0.1) is 0 Å². The normalized spacial score (nSPS) is 34.4. The summed E-state index contributed by atoms with van der Waals surface area (Å²) in [6.45, 7) is 6.06. The number of piperidine rings is 1. The highest BCUT2D eigenvalue weighted by atomic mass is 15.2. The van der Waals surface area contributed by atoms with E-state index in [0.29, 0.717) is 0 Å². The second kappa shape index (κ2) is 6.58. The minimum absolute atomic E-state index is 0.911. The molecule has 2 saturated heterocycles. The molecule has 0 aromatic carbocycles. The molecule has 1 heteroatoms. The zero-order chi connectivity index (χ0) is 12.1. The van der Waals surface area contributed by atoms with E-state index in [-0.39, 0.29) is 0 Å². The predicted molar refractivity (Wildman–Crippen MR) is 75.2 cm³/mol. The van der Waals surface area contributed by atoms with E-state index in [9.17, 15) is 0 Å². The maximum atomic E-state index is 2.84. The monoisotopic (exact) mass is 235 g/mol. The molecule has 0 aliphatic carbocycles. The van der Waals surface area contributed by atoms with Gasteiger partial charge in [0.1, 0.15) is 0 Å². The van der Waals surface area contributed by atoms with Crippen molar-refractivity contribution >= 4 is 0 Å². The maximum Gasteiger partial charge on any atom is 0.0124 e. The van der Waals surface area contributed by atoms with Crippen molar-refractivity contribution in [3.8, 4) is 0 Å². The number of hydrogen-bond donors (Lipinski definition) is 0. The van der Waals surface area contributed by atoms with Crippen molar-refractivity contribution in [1.29, 1.82) is 0 Å². The Morgan fingerprint density at radius 3 is 2.88 bits per heavy atom. The first-order valence-electron chi connectivity index (χ1n) is 7.73. The Morgan fingerprint density at radius 1 is 1.18 bits per heavy atom. The number of rotatable bonds is 5. The lowest BCUT2D eigenvalue weighted by molar-refractivity contribution is 0.0756. The van der Waals surface area contributed by atoms with Crippen LogP contribution < -0.4 is 0 Å². The summed E-state index contributed by atoms with van der Waals surface area (Å²) in [6, 6.07) is 1.84. The lowest BCUT2D eigenvalue weighted by atomic mass is 9.85. The standard InChI is InChI=1S/C16H29N/c1-3-4-5-6-7-9-15-12-11-14(2)16-10-8-13-17(15)16/h4-5,14-16H,3,6-13H2,1-2H3/b5-4+/t14-,15-,16+/m1/s1. The van der Waals surface area contributed by atoms with Crippen LogP contribution in [0.1, 0.15) is 65.2 Å². The SMILES string of the molecule is CC/C=C/CCC[C@@H]1CC[C@@H](C)[C@@H]2CCCN12. The van der Waals surface area contributed by atoms with Gasteiger partial charge in [-0.2, -0.15) is 0 Å². The van der Waals surface area contributed by atoms with E-state index in [0.717, 1.165) is 18.0 Å². The summed E-state index contributed by atoms with van der Waals surface area (Å²) in [5.74, 6) is 0.953. The molecule has 1 nitrogen and oxygen atoms in total. The molecule has 2 fully saturated rings. The number of unbranched alkanes of at least 4 members (excludes halogenated alkanes) is 1. The molecule has 2 aliphatic heterocycles.